The quantitative estimate of drug-likeness (QED) is 0.533. The molecule has 4 fully saturated rings. The van der Waals surface area contributed by atoms with E-state index in [-0.39, 0.29) is 11.4 Å². The van der Waals surface area contributed by atoms with E-state index in [0.717, 1.165) is 12.3 Å². The fourth-order valence-corrected chi connectivity index (χ4v) is 3.78. The third kappa shape index (κ3) is 0.660. The molecule has 0 N–H and O–H groups in total. The van der Waals surface area contributed by atoms with Gasteiger partial charge in [0.1, 0.15) is 12.0 Å². The summed E-state index contributed by atoms with van der Waals surface area (Å²) in [6.07, 6.45) is 3.59. The molecule has 1 aliphatic heterocycles. The summed E-state index contributed by atoms with van der Waals surface area (Å²) in [4.78, 5) is 11.5. The minimum Gasteiger partial charge on any atom is -0.464 e. The summed E-state index contributed by atoms with van der Waals surface area (Å²) in [6.45, 7) is 5.34. The van der Waals surface area contributed by atoms with E-state index in [1.54, 1.807) is 0 Å². The lowest BCUT2D eigenvalue weighted by molar-refractivity contribution is -0.241. The van der Waals surface area contributed by atoms with Crippen molar-refractivity contribution < 1.29 is 9.53 Å². The molecular weight excluding hydrogens is 164 g/mol. The lowest BCUT2D eigenvalue weighted by atomic mass is 9.40. The Kier molecular flexibility index (Phi) is 1.17. The highest BCUT2D eigenvalue weighted by Gasteiger charge is 2.68. The fraction of sp³-hybridized carbons (Fsp3) is 0.909. The summed E-state index contributed by atoms with van der Waals surface area (Å²) < 4.78 is 4.97. The molecule has 0 aromatic carbocycles. The van der Waals surface area contributed by atoms with E-state index in [0.29, 0.717) is 17.9 Å². The second kappa shape index (κ2) is 1.94. The highest BCUT2D eigenvalue weighted by molar-refractivity contribution is 5.83. The molecule has 3 atom stereocenters. The lowest BCUT2D eigenvalue weighted by Crippen LogP contribution is -2.66. The van der Waals surface area contributed by atoms with Crippen molar-refractivity contribution in [2.24, 2.45) is 22.7 Å². The molecule has 0 aromatic rings. The maximum absolute atomic E-state index is 11.5. The van der Waals surface area contributed by atoms with Crippen LogP contribution < -0.4 is 0 Å². The smallest absolute Gasteiger partial charge is 0.315 e. The van der Waals surface area contributed by atoms with Gasteiger partial charge in [-0.05, 0) is 36.5 Å². The molecule has 2 heteroatoms. The highest BCUT2D eigenvalue weighted by Crippen LogP contribution is 2.68. The minimum atomic E-state index is -0.0434. The summed E-state index contributed by atoms with van der Waals surface area (Å²) >= 11 is 0. The first-order valence-electron chi connectivity index (χ1n) is 5.24. The van der Waals surface area contributed by atoms with Crippen molar-refractivity contribution in [1.29, 1.82) is 0 Å². The normalized spacial score (nSPS) is 50.8. The van der Waals surface area contributed by atoms with Crippen LogP contribution in [0.2, 0.25) is 0 Å². The average molecular weight is 180 g/mol. The number of esters is 1. The van der Waals surface area contributed by atoms with Crippen LogP contribution in [0.1, 0.15) is 33.1 Å². The zero-order valence-electron chi connectivity index (χ0n) is 8.30. The molecule has 13 heavy (non-hydrogen) atoms. The molecule has 3 saturated carbocycles. The number of carbonyl (C=O) groups excluding carboxylic acids is 1. The van der Waals surface area contributed by atoms with Crippen molar-refractivity contribution in [1.82, 2.24) is 0 Å². The van der Waals surface area contributed by atoms with Crippen LogP contribution in [0.15, 0.2) is 0 Å². The van der Waals surface area contributed by atoms with Crippen molar-refractivity contribution in [2.45, 2.75) is 33.1 Å². The Morgan fingerprint density at radius 3 is 2.54 bits per heavy atom. The van der Waals surface area contributed by atoms with Crippen LogP contribution in [0, 0.1) is 22.7 Å². The first kappa shape index (κ1) is 7.84. The van der Waals surface area contributed by atoms with Crippen LogP contribution >= 0.6 is 0 Å². The topological polar surface area (TPSA) is 26.3 Å². The fourth-order valence-electron chi connectivity index (χ4n) is 3.78. The van der Waals surface area contributed by atoms with E-state index < -0.39 is 0 Å². The molecule has 4 aliphatic rings. The standard InChI is InChI=1S/C11H16O2/c1-10(2)7-3-4-11(8(10)5-7)6-13-9(11)12/h7-8H,3-6H2,1-2H3. The summed E-state index contributed by atoms with van der Waals surface area (Å²) in [7, 11) is 0. The molecule has 1 saturated heterocycles. The van der Waals surface area contributed by atoms with Crippen molar-refractivity contribution in [3.05, 3.63) is 0 Å². The van der Waals surface area contributed by atoms with Gasteiger partial charge >= 0.3 is 5.97 Å². The van der Waals surface area contributed by atoms with Gasteiger partial charge in [-0.25, -0.2) is 0 Å². The molecule has 2 bridgehead atoms. The summed E-state index contributed by atoms with van der Waals surface area (Å²) in [5, 5.41) is 0. The number of cyclic esters (lactones) is 1. The molecule has 3 unspecified atom stereocenters. The molecule has 1 spiro atoms. The summed E-state index contributed by atoms with van der Waals surface area (Å²) in [5.41, 5.74) is 0.357. The van der Waals surface area contributed by atoms with Crippen LogP contribution in [0.5, 0.6) is 0 Å². The Hall–Kier alpha value is -0.530. The Morgan fingerprint density at radius 2 is 2.23 bits per heavy atom. The van der Waals surface area contributed by atoms with Crippen LogP contribution in [0.4, 0.5) is 0 Å². The molecule has 0 radical (unpaired) electrons. The second-order valence-electron chi connectivity index (χ2n) is 5.58. The van der Waals surface area contributed by atoms with Gasteiger partial charge in [0, 0.05) is 0 Å². The van der Waals surface area contributed by atoms with Crippen LogP contribution in [-0.2, 0) is 9.53 Å². The van der Waals surface area contributed by atoms with E-state index in [9.17, 15) is 4.79 Å². The molecule has 0 amide bonds. The van der Waals surface area contributed by atoms with Crippen LogP contribution in [-0.4, -0.2) is 12.6 Å². The molecule has 4 rings (SSSR count). The van der Waals surface area contributed by atoms with Gasteiger partial charge in [0.05, 0.1) is 0 Å². The molecule has 72 valence electrons. The van der Waals surface area contributed by atoms with Crippen LogP contribution in [0.3, 0.4) is 0 Å². The van der Waals surface area contributed by atoms with Gasteiger partial charge in [-0.15, -0.1) is 0 Å². The molecule has 3 aliphatic carbocycles. The number of hydrogen-bond acceptors (Lipinski definition) is 2. The van der Waals surface area contributed by atoms with Gasteiger partial charge < -0.3 is 4.74 Å². The Labute approximate surface area is 78.6 Å². The summed E-state index contributed by atoms with van der Waals surface area (Å²) in [5.74, 6) is 1.57. The predicted molar refractivity (Wildman–Crippen MR) is 48.0 cm³/mol. The van der Waals surface area contributed by atoms with Gasteiger partial charge in [0.2, 0.25) is 0 Å². The van der Waals surface area contributed by atoms with Gasteiger partial charge in [-0.3, -0.25) is 4.79 Å². The SMILES string of the molecule is CC1(C)C2CCC3(COC3=O)C1C2. The van der Waals surface area contributed by atoms with Gasteiger partial charge in [-0.2, -0.15) is 0 Å². The average Bonchev–Trinajstić information content (AvgIpc) is 2.15. The monoisotopic (exact) mass is 180 g/mol. The van der Waals surface area contributed by atoms with Gasteiger partial charge in [-0.1, -0.05) is 13.8 Å². The van der Waals surface area contributed by atoms with E-state index in [2.05, 4.69) is 13.8 Å². The zero-order chi connectivity index (χ0) is 9.27. The first-order chi connectivity index (χ1) is 6.07. The molecular formula is C11H16O2. The lowest BCUT2D eigenvalue weighted by Gasteiger charge is -2.66. The van der Waals surface area contributed by atoms with Crippen molar-refractivity contribution >= 4 is 5.97 Å². The third-order valence-electron chi connectivity index (χ3n) is 4.94. The number of ether oxygens (including phenoxy) is 1. The number of hydrogen-bond donors (Lipinski definition) is 0. The Balaban J connectivity index is 1.96. The third-order valence-corrected chi connectivity index (χ3v) is 4.94. The van der Waals surface area contributed by atoms with Gasteiger partial charge in [0.25, 0.3) is 0 Å². The largest absolute Gasteiger partial charge is 0.464 e. The first-order valence-corrected chi connectivity index (χ1v) is 5.24. The maximum Gasteiger partial charge on any atom is 0.315 e. The van der Waals surface area contributed by atoms with E-state index >= 15 is 0 Å². The van der Waals surface area contributed by atoms with Gasteiger partial charge in [0.15, 0.2) is 0 Å². The second-order valence-corrected chi connectivity index (χ2v) is 5.58. The summed E-state index contributed by atoms with van der Waals surface area (Å²) in [6, 6.07) is 0. The Morgan fingerprint density at radius 1 is 1.46 bits per heavy atom. The van der Waals surface area contributed by atoms with Crippen LogP contribution in [0.25, 0.3) is 0 Å². The number of fused-ring (bicyclic) bond motifs is 1. The van der Waals surface area contributed by atoms with E-state index in [4.69, 9.17) is 4.74 Å². The zero-order valence-corrected chi connectivity index (χ0v) is 8.30. The van der Waals surface area contributed by atoms with Crippen molar-refractivity contribution in [3.8, 4) is 0 Å². The number of carbonyl (C=O) groups is 1. The van der Waals surface area contributed by atoms with E-state index in [1.165, 1.54) is 12.8 Å². The maximum atomic E-state index is 11.5. The highest BCUT2D eigenvalue weighted by atomic mass is 16.6. The van der Waals surface area contributed by atoms with E-state index in [1.807, 2.05) is 0 Å². The molecule has 0 aromatic heterocycles. The van der Waals surface area contributed by atoms with Crippen molar-refractivity contribution in [3.63, 3.8) is 0 Å². The number of rotatable bonds is 0. The van der Waals surface area contributed by atoms with Crippen molar-refractivity contribution in [2.75, 3.05) is 6.61 Å². The Bertz CT molecular complexity index is 280. The molecule has 1 heterocycles. The molecule has 2 nitrogen and oxygen atoms in total. The minimum absolute atomic E-state index is 0.0434. The predicted octanol–water partition coefficient (Wildman–Crippen LogP) is 1.99.